The average Bonchev–Trinajstić information content (AvgIpc) is 3.40. The maximum Gasteiger partial charge on any atom is 0.410 e. The van der Waals surface area contributed by atoms with Crippen molar-refractivity contribution in [3.63, 3.8) is 0 Å². The SMILES string of the molecule is O=C(C[C@@H]1C[C@H](OC(=O)N2CCCC2)CN[C@@H]1C(=O)N1CCN(c2ccccc2)CC1)NO. The zero-order valence-electron chi connectivity index (χ0n) is 18.8. The maximum absolute atomic E-state index is 13.3. The predicted octanol–water partition coefficient (Wildman–Crippen LogP) is 0.810. The highest BCUT2D eigenvalue weighted by molar-refractivity contribution is 5.84. The predicted molar refractivity (Wildman–Crippen MR) is 121 cm³/mol. The van der Waals surface area contributed by atoms with Crippen molar-refractivity contribution in [3.05, 3.63) is 30.3 Å². The molecule has 3 saturated heterocycles. The van der Waals surface area contributed by atoms with Gasteiger partial charge in [0.15, 0.2) is 0 Å². The highest BCUT2D eigenvalue weighted by atomic mass is 16.6. The van der Waals surface area contributed by atoms with Crippen LogP contribution in [0.4, 0.5) is 10.5 Å². The van der Waals surface area contributed by atoms with Crippen molar-refractivity contribution in [3.8, 4) is 0 Å². The minimum Gasteiger partial charge on any atom is -0.445 e. The summed E-state index contributed by atoms with van der Waals surface area (Å²) in [5.41, 5.74) is 2.80. The molecule has 3 aliphatic heterocycles. The Bertz CT molecular complexity index is 824. The number of benzene rings is 1. The van der Waals surface area contributed by atoms with Crippen LogP contribution in [-0.2, 0) is 14.3 Å². The number of piperidine rings is 1. The molecule has 33 heavy (non-hydrogen) atoms. The van der Waals surface area contributed by atoms with Gasteiger partial charge < -0.3 is 24.8 Å². The number of anilines is 1. The van der Waals surface area contributed by atoms with E-state index in [0.717, 1.165) is 31.6 Å². The lowest BCUT2D eigenvalue weighted by Gasteiger charge is -2.41. The number of ether oxygens (including phenoxy) is 1. The summed E-state index contributed by atoms with van der Waals surface area (Å²) in [6.07, 6.45) is 1.55. The van der Waals surface area contributed by atoms with E-state index >= 15 is 0 Å². The molecule has 3 N–H and O–H groups in total. The zero-order valence-corrected chi connectivity index (χ0v) is 18.8. The molecule has 3 amide bonds. The molecule has 0 saturated carbocycles. The largest absolute Gasteiger partial charge is 0.445 e. The molecule has 4 rings (SSSR count). The number of nitrogens with one attached hydrogen (secondary N) is 2. The summed E-state index contributed by atoms with van der Waals surface area (Å²) < 4.78 is 5.66. The third-order valence-electron chi connectivity index (χ3n) is 6.79. The van der Waals surface area contributed by atoms with Crippen molar-refractivity contribution < 1.29 is 24.3 Å². The van der Waals surface area contributed by atoms with Gasteiger partial charge in [0.2, 0.25) is 11.8 Å². The first-order chi connectivity index (χ1) is 16.0. The number of carbonyl (C=O) groups is 3. The van der Waals surface area contributed by atoms with Crippen LogP contribution in [0.25, 0.3) is 0 Å². The van der Waals surface area contributed by atoms with Crippen LogP contribution in [0, 0.1) is 5.92 Å². The minimum absolute atomic E-state index is 0.0261. The highest BCUT2D eigenvalue weighted by Crippen LogP contribution is 2.26. The van der Waals surface area contributed by atoms with Crippen molar-refractivity contribution in [2.75, 3.05) is 50.7 Å². The van der Waals surface area contributed by atoms with Crippen LogP contribution in [-0.4, -0.2) is 90.9 Å². The van der Waals surface area contributed by atoms with Gasteiger partial charge in [-0.05, 0) is 37.3 Å². The second-order valence-corrected chi connectivity index (χ2v) is 8.97. The molecule has 0 aliphatic carbocycles. The molecule has 3 fully saturated rings. The van der Waals surface area contributed by atoms with Crippen LogP contribution in [0.3, 0.4) is 0 Å². The number of rotatable bonds is 5. The lowest BCUT2D eigenvalue weighted by Crippen LogP contribution is -2.60. The van der Waals surface area contributed by atoms with Gasteiger partial charge in [0.1, 0.15) is 6.10 Å². The summed E-state index contributed by atoms with van der Waals surface area (Å²) in [6.45, 7) is 4.42. The number of hydrogen-bond donors (Lipinski definition) is 3. The molecule has 10 heteroatoms. The first-order valence-electron chi connectivity index (χ1n) is 11.8. The second kappa shape index (κ2) is 10.8. The Morgan fingerprint density at radius 3 is 2.36 bits per heavy atom. The number of likely N-dealkylation sites (tertiary alicyclic amines) is 1. The summed E-state index contributed by atoms with van der Waals surface area (Å²) in [4.78, 5) is 43.4. The number of hydroxylamine groups is 1. The number of para-hydroxylation sites is 1. The molecule has 0 unspecified atom stereocenters. The molecule has 3 heterocycles. The number of hydrogen-bond acceptors (Lipinski definition) is 7. The van der Waals surface area contributed by atoms with E-state index in [1.165, 1.54) is 0 Å². The smallest absolute Gasteiger partial charge is 0.410 e. The van der Waals surface area contributed by atoms with Crippen LogP contribution < -0.4 is 15.7 Å². The summed E-state index contributed by atoms with van der Waals surface area (Å²) in [5, 5.41) is 12.2. The Morgan fingerprint density at radius 2 is 1.70 bits per heavy atom. The van der Waals surface area contributed by atoms with E-state index in [2.05, 4.69) is 22.3 Å². The Hall–Kier alpha value is -2.85. The van der Waals surface area contributed by atoms with Gasteiger partial charge in [-0.15, -0.1) is 0 Å². The molecular formula is C23H33N5O5. The van der Waals surface area contributed by atoms with Gasteiger partial charge in [-0.3, -0.25) is 14.8 Å². The monoisotopic (exact) mass is 459 g/mol. The Morgan fingerprint density at radius 1 is 1.00 bits per heavy atom. The maximum atomic E-state index is 13.3. The van der Waals surface area contributed by atoms with E-state index in [-0.39, 0.29) is 24.3 Å². The van der Waals surface area contributed by atoms with Gasteiger partial charge in [0.25, 0.3) is 0 Å². The molecular weight excluding hydrogens is 426 g/mol. The van der Waals surface area contributed by atoms with Gasteiger partial charge >= 0.3 is 6.09 Å². The third kappa shape index (κ3) is 5.75. The molecule has 0 radical (unpaired) electrons. The minimum atomic E-state index is -0.563. The van der Waals surface area contributed by atoms with Crippen LogP contribution in [0.15, 0.2) is 30.3 Å². The van der Waals surface area contributed by atoms with E-state index in [0.29, 0.717) is 39.1 Å². The molecule has 1 aromatic carbocycles. The fraction of sp³-hybridized carbons (Fsp3) is 0.609. The van der Waals surface area contributed by atoms with Crippen molar-refractivity contribution >= 4 is 23.6 Å². The average molecular weight is 460 g/mol. The lowest BCUT2D eigenvalue weighted by atomic mass is 9.85. The van der Waals surface area contributed by atoms with Crippen LogP contribution in [0.2, 0.25) is 0 Å². The second-order valence-electron chi connectivity index (χ2n) is 8.97. The summed E-state index contributed by atoms with van der Waals surface area (Å²) in [5.74, 6) is -0.996. The molecule has 180 valence electrons. The number of piperazine rings is 1. The summed E-state index contributed by atoms with van der Waals surface area (Å²) >= 11 is 0. The fourth-order valence-electron chi connectivity index (χ4n) is 4.98. The van der Waals surface area contributed by atoms with Crippen LogP contribution in [0.5, 0.6) is 0 Å². The molecule has 1 aromatic rings. The lowest BCUT2D eigenvalue weighted by molar-refractivity contribution is -0.138. The standard InChI is InChI=1S/C23H33N5O5/c29-20(25-32)15-17-14-19(33-23(31)28-8-4-5-9-28)16-24-21(17)22(30)27-12-10-26(11-13-27)18-6-2-1-3-7-18/h1-3,6-7,17,19,21,24,32H,4-5,8-16H2,(H,25,29)/t17-,19-,21-/m0/s1. The fourth-order valence-corrected chi connectivity index (χ4v) is 4.98. The van der Waals surface area contributed by atoms with Crippen molar-refractivity contribution in [1.29, 1.82) is 0 Å². The first-order valence-corrected chi connectivity index (χ1v) is 11.8. The van der Waals surface area contributed by atoms with Crippen molar-refractivity contribution in [2.45, 2.75) is 37.8 Å². The molecule has 0 spiro atoms. The highest BCUT2D eigenvalue weighted by Gasteiger charge is 2.40. The first kappa shape index (κ1) is 23.3. The molecule has 3 aliphatic rings. The normalized spacial score (nSPS) is 25.6. The molecule has 0 bridgehead atoms. The topological polar surface area (TPSA) is 114 Å². The number of nitrogens with zero attached hydrogens (tertiary/aromatic N) is 3. The number of carbonyl (C=O) groups excluding carboxylic acids is 3. The third-order valence-corrected chi connectivity index (χ3v) is 6.79. The zero-order chi connectivity index (χ0) is 23.2. The van der Waals surface area contributed by atoms with E-state index in [1.807, 2.05) is 23.1 Å². The summed E-state index contributed by atoms with van der Waals surface area (Å²) in [7, 11) is 0. The Labute approximate surface area is 193 Å². The van der Waals surface area contributed by atoms with E-state index in [1.54, 1.807) is 10.4 Å². The van der Waals surface area contributed by atoms with E-state index in [4.69, 9.17) is 9.94 Å². The van der Waals surface area contributed by atoms with E-state index in [9.17, 15) is 14.4 Å². The molecule has 0 aromatic heterocycles. The van der Waals surface area contributed by atoms with E-state index < -0.39 is 18.1 Å². The quantitative estimate of drug-likeness (QED) is 0.441. The summed E-state index contributed by atoms with van der Waals surface area (Å²) in [6, 6.07) is 9.55. The van der Waals surface area contributed by atoms with Crippen LogP contribution in [0.1, 0.15) is 25.7 Å². The van der Waals surface area contributed by atoms with Gasteiger partial charge in [-0.1, -0.05) is 18.2 Å². The van der Waals surface area contributed by atoms with Gasteiger partial charge in [-0.2, -0.15) is 0 Å². The molecule has 10 nitrogen and oxygen atoms in total. The van der Waals surface area contributed by atoms with Crippen molar-refractivity contribution in [1.82, 2.24) is 20.6 Å². The van der Waals surface area contributed by atoms with Gasteiger partial charge in [0.05, 0.1) is 6.04 Å². The Kier molecular flexibility index (Phi) is 7.66. The number of amides is 3. The van der Waals surface area contributed by atoms with Crippen LogP contribution >= 0.6 is 0 Å². The molecule has 3 atom stereocenters. The van der Waals surface area contributed by atoms with Crippen molar-refractivity contribution in [2.24, 2.45) is 5.92 Å². The van der Waals surface area contributed by atoms with Gasteiger partial charge in [0, 0.05) is 57.9 Å². The Balaban J connectivity index is 1.35. The van der Waals surface area contributed by atoms with Gasteiger partial charge in [-0.25, -0.2) is 10.3 Å².